The summed E-state index contributed by atoms with van der Waals surface area (Å²) in [5.74, 6) is 0. The highest BCUT2D eigenvalue weighted by atomic mass is 35.5. The Kier molecular flexibility index (Phi) is 4.73. The summed E-state index contributed by atoms with van der Waals surface area (Å²) in [5.41, 5.74) is 3.01. The lowest BCUT2D eigenvalue weighted by atomic mass is 10.2. The van der Waals surface area contributed by atoms with Crippen LogP contribution in [0.25, 0.3) is 0 Å². The van der Waals surface area contributed by atoms with E-state index < -0.39 is 11.7 Å². The number of aromatic nitrogens is 3. The summed E-state index contributed by atoms with van der Waals surface area (Å²) in [7, 11) is 0. The molecule has 3 rings (SSSR count). The summed E-state index contributed by atoms with van der Waals surface area (Å²) >= 11 is 12.1. The zero-order valence-electron chi connectivity index (χ0n) is 12.4. The van der Waals surface area contributed by atoms with Crippen LogP contribution in [-0.2, 0) is 6.18 Å². The molecule has 0 aliphatic rings. The molecule has 2 aromatic carbocycles. The third-order valence-electron chi connectivity index (χ3n) is 3.22. The molecule has 10 heteroatoms. The maximum atomic E-state index is 12.8. The Morgan fingerprint density at radius 1 is 1.04 bits per heavy atom. The molecule has 1 aromatic heterocycles. The molecule has 0 spiro atoms. The predicted octanol–water partition coefficient (Wildman–Crippen LogP) is 4.90. The van der Waals surface area contributed by atoms with Gasteiger partial charge in [-0.25, -0.2) is 15.5 Å². The highest BCUT2D eigenvalue weighted by Crippen LogP contribution is 2.35. The Hall–Kier alpha value is -2.45. The van der Waals surface area contributed by atoms with E-state index in [4.69, 9.17) is 23.2 Å². The third kappa shape index (κ3) is 3.97. The summed E-state index contributed by atoms with van der Waals surface area (Å²) < 4.78 is 38.3. The van der Waals surface area contributed by atoms with Crippen molar-refractivity contribution in [3.05, 3.63) is 70.7 Å². The fourth-order valence-corrected chi connectivity index (χ4v) is 2.57. The molecule has 0 fully saturated rings. The molecule has 0 amide bonds. The van der Waals surface area contributed by atoms with Crippen LogP contribution in [0.2, 0.25) is 10.0 Å². The van der Waals surface area contributed by atoms with Gasteiger partial charge >= 0.3 is 6.18 Å². The lowest BCUT2D eigenvalue weighted by Crippen LogP contribution is -2.33. The summed E-state index contributed by atoms with van der Waals surface area (Å²) in [6.45, 7) is 0. The van der Waals surface area contributed by atoms with E-state index in [2.05, 4.69) is 15.6 Å². The number of rotatable bonds is 4. The monoisotopic (exact) mass is 387 g/mol. The number of halogens is 5. The van der Waals surface area contributed by atoms with Gasteiger partial charge in [0.2, 0.25) is 0 Å². The topological polar surface area (TPSA) is 46.0 Å². The van der Waals surface area contributed by atoms with Gasteiger partial charge in [-0.05, 0) is 42.5 Å². The number of benzene rings is 2. The molecule has 1 heterocycles. The zero-order valence-corrected chi connectivity index (χ0v) is 13.9. The fourth-order valence-electron chi connectivity index (χ4n) is 2.08. The summed E-state index contributed by atoms with van der Waals surface area (Å²) in [4.78, 5) is 5.09. The van der Waals surface area contributed by atoms with E-state index in [0.29, 0.717) is 21.4 Å². The predicted molar refractivity (Wildman–Crippen MR) is 89.4 cm³/mol. The van der Waals surface area contributed by atoms with Gasteiger partial charge in [0, 0.05) is 5.02 Å². The van der Waals surface area contributed by atoms with Crippen LogP contribution in [0.4, 0.5) is 24.5 Å². The molecule has 0 aliphatic carbocycles. The van der Waals surface area contributed by atoms with E-state index in [1.807, 2.05) is 0 Å². The van der Waals surface area contributed by atoms with Crippen LogP contribution in [0, 0.1) is 0 Å². The molecule has 3 aromatic rings. The number of alkyl halides is 3. The fraction of sp³-hybridized carbons (Fsp3) is 0.0667. The van der Waals surface area contributed by atoms with Crippen LogP contribution in [0.15, 0.2) is 55.1 Å². The first kappa shape index (κ1) is 17.4. The van der Waals surface area contributed by atoms with Crippen molar-refractivity contribution in [3.63, 3.8) is 0 Å². The van der Waals surface area contributed by atoms with Gasteiger partial charge in [0.15, 0.2) is 0 Å². The average molecular weight is 388 g/mol. The minimum Gasteiger partial charge on any atom is -0.239 e. The van der Waals surface area contributed by atoms with Crippen LogP contribution in [0.3, 0.4) is 0 Å². The van der Waals surface area contributed by atoms with Crippen LogP contribution >= 0.6 is 23.2 Å². The molecule has 0 bridgehead atoms. The van der Waals surface area contributed by atoms with Gasteiger partial charge < -0.3 is 0 Å². The third-order valence-corrected chi connectivity index (χ3v) is 3.76. The first-order valence-corrected chi connectivity index (χ1v) is 7.64. The van der Waals surface area contributed by atoms with Crippen molar-refractivity contribution >= 4 is 34.6 Å². The van der Waals surface area contributed by atoms with Crippen molar-refractivity contribution < 1.29 is 13.2 Å². The number of nitrogens with one attached hydrogen (secondary N) is 1. The number of nitrogens with zero attached hydrogens (tertiary/aromatic N) is 4. The van der Waals surface area contributed by atoms with Crippen LogP contribution in [-0.4, -0.2) is 14.9 Å². The largest absolute Gasteiger partial charge is 0.416 e. The van der Waals surface area contributed by atoms with Gasteiger partial charge in [0.1, 0.15) is 12.7 Å². The summed E-state index contributed by atoms with van der Waals surface area (Å²) in [6, 6.07) is 9.37. The second kappa shape index (κ2) is 6.81. The van der Waals surface area contributed by atoms with Crippen molar-refractivity contribution in [1.29, 1.82) is 0 Å². The molecule has 5 nitrogen and oxygen atoms in total. The molecule has 0 radical (unpaired) electrons. The number of hydrogen-bond acceptors (Lipinski definition) is 4. The Morgan fingerprint density at radius 3 is 2.32 bits per heavy atom. The van der Waals surface area contributed by atoms with E-state index in [-0.39, 0.29) is 0 Å². The van der Waals surface area contributed by atoms with E-state index in [1.165, 1.54) is 40.7 Å². The van der Waals surface area contributed by atoms with Crippen molar-refractivity contribution in [3.8, 4) is 0 Å². The highest BCUT2D eigenvalue weighted by Gasteiger charge is 2.30. The molecule has 0 unspecified atom stereocenters. The van der Waals surface area contributed by atoms with E-state index in [9.17, 15) is 13.2 Å². The Bertz CT molecular complexity index is 851. The number of hydrogen-bond donors (Lipinski definition) is 1. The van der Waals surface area contributed by atoms with Crippen LogP contribution in [0.5, 0.6) is 0 Å². The van der Waals surface area contributed by atoms with Crippen LogP contribution < -0.4 is 10.5 Å². The molecule has 1 N–H and O–H groups in total. The molecule has 130 valence electrons. The molecule has 0 saturated carbocycles. The van der Waals surface area contributed by atoms with E-state index in [1.54, 1.807) is 12.1 Å². The molecule has 0 aliphatic heterocycles. The van der Waals surface area contributed by atoms with Gasteiger partial charge in [0.05, 0.1) is 22.0 Å². The SMILES string of the molecule is FC(F)(F)c1ccc(N(Nn2cncn2)c2ccc(Cl)cc2Cl)cc1. The quantitative estimate of drug-likeness (QED) is 0.646. The second-order valence-corrected chi connectivity index (χ2v) is 5.76. The highest BCUT2D eigenvalue weighted by molar-refractivity contribution is 6.36. The van der Waals surface area contributed by atoms with Crippen molar-refractivity contribution in [2.45, 2.75) is 6.18 Å². The maximum Gasteiger partial charge on any atom is 0.416 e. The van der Waals surface area contributed by atoms with E-state index >= 15 is 0 Å². The lowest BCUT2D eigenvalue weighted by Gasteiger charge is -2.27. The van der Waals surface area contributed by atoms with Gasteiger partial charge in [-0.1, -0.05) is 23.2 Å². The first-order chi connectivity index (χ1) is 11.8. The lowest BCUT2D eigenvalue weighted by molar-refractivity contribution is -0.137. The zero-order chi connectivity index (χ0) is 18.0. The normalized spacial score (nSPS) is 11.4. The minimum absolute atomic E-state index is 0.306. The minimum atomic E-state index is -4.42. The van der Waals surface area contributed by atoms with Crippen molar-refractivity contribution in [2.24, 2.45) is 0 Å². The summed E-state index contributed by atoms with van der Waals surface area (Å²) in [6.07, 6.45) is -1.72. The number of anilines is 2. The second-order valence-electron chi connectivity index (χ2n) is 4.92. The molecule has 0 atom stereocenters. The van der Waals surface area contributed by atoms with E-state index in [0.717, 1.165) is 12.1 Å². The van der Waals surface area contributed by atoms with Crippen LogP contribution in [0.1, 0.15) is 5.56 Å². The number of hydrazine groups is 1. The molecule has 0 saturated heterocycles. The Balaban J connectivity index is 2.01. The molecular weight excluding hydrogens is 378 g/mol. The van der Waals surface area contributed by atoms with Gasteiger partial charge in [-0.3, -0.25) is 0 Å². The van der Waals surface area contributed by atoms with Gasteiger partial charge in [-0.2, -0.15) is 13.2 Å². The smallest absolute Gasteiger partial charge is 0.239 e. The van der Waals surface area contributed by atoms with Crippen molar-refractivity contribution in [1.82, 2.24) is 14.9 Å². The Labute approximate surface area is 150 Å². The van der Waals surface area contributed by atoms with Gasteiger partial charge in [0.25, 0.3) is 0 Å². The average Bonchev–Trinajstić information content (AvgIpc) is 3.06. The Morgan fingerprint density at radius 2 is 1.76 bits per heavy atom. The molecule has 25 heavy (non-hydrogen) atoms. The maximum absolute atomic E-state index is 12.8. The molecular formula is C15H10Cl2F3N5. The van der Waals surface area contributed by atoms with Gasteiger partial charge in [-0.15, -0.1) is 9.89 Å². The standard InChI is InChI=1S/C15H10Cl2F3N5/c16-11-3-6-14(13(17)7-11)25(23-24-9-21-8-22-24)12-4-1-10(2-5-12)15(18,19)20/h1-9,23H. The summed E-state index contributed by atoms with van der Waals surface area (Å²) in [5, 5.41) is 6.12. The first-order valence-electron chi connectivity index (χ1n) is 6.88. The van der Waals surface area contributed by atoms with Crippen molar-refractivity contribution in [2.75, 3.05) is 10.5 Å².